The first-order valence-electron chi connectivity index (χ1n) is 9.01. The largest absolute Gasteiger partial charge is 0.357 e. The van der Waals surface area contributed by atoms with Crippen molar-refractivity contribution in [2.45, 2.75) is 26.7 Å². The number of aromatic nitrogens is 1. The maximum atomic E-state index is 13.1. The number of thiazole rings is 1. The molecule has 28 heavy (non-hydrogen) atoms. The van der Waals surface area contributed by atoms with E-state index in [0.29, 0.717) is 31.2 Å². The average molecular weight is 519 g/mol. The van der Waals surface area contributed by atoms with E-state index in [1.165, 1.54) is 12.1 Å². The molecule has 0 saturated heterocycles. The van der Waals surface area contributed by atoms with Crippen LogP contribution in [0.3, 0.4) is 0 Å². The second-order valence-corrected chi connectivity index (χ2v) is 7.01. The molecule has 0 spiro atoms. The van der Waals surface area contributed by atoms with Crippen LogP contribution in [0.2, 0.25) is 0 Å². The standard InChI is InChI=1S/C19H26FN5OS.HI/c1-3-21-19(23-8-7-17-13-27-14(2)25-17)24-10-9-22-18(26)12-15-5-4-6-16(20)11-15;/h4-6,11,13H,3,7-10,12H2,1-2H3,(H,22,26)(H2,21,23,24);1H. The zero-order chi connectivity index (χ0) is 19.5. The summed E-state index contributed by atoms with van der Waals surface area (Å²) in [4.78, 5) is 20.9. The first-order valence-corrected chi connectivity index (χ1v) is 9.89. The molecule has 3 N–H and O–H groups in total. The summed E-state index contributed by atoms with van der Waals surface area (Å²) in [6, 6.07) is 6.08. The monoisotopic (exact) mass is 519 g/mol. The maximum absolute atomic E-state index is 13.1. The van der Waals surface area contributed by atoms with E-state index in [9.17, 15) is 9.18 Å². The Morgan fingerprint density at radius 3 is 2.71 bits per heavy atom. The Morgan fingerprint density at radius 1 is 1.25 bits per heavy atom. The first-order chi connectivity index (χ1) is 13.1. The van der Waals surface area contributed by atoms with Crippen LogP contribution in [0, 0.1) is 12.7 Å². The van der Waals surface area contributed by atoms with Crippen molar-refractivity contribution in [3.05, 3.63) is 51.7 Å². The number of carbonyl (C=O) groups excluding carboxylic acids is 1. The minimum Gasteiger partial charge on any atom is -0.357 e. The number of carbonyl (C=O) groups is 1. The molecule has 0 bridgehead atoms. The molecule has 0 saturated carbocycles. The molecule has 1 heterocycles. The molecule has 2 rings (SSSR count). The van der Waals surface area contributed by atoms with Gasteiger partial charge in [-0.2, -0.15) is 0 Å². The van der Waals surface area contributed by atoms with Crippen molar-refractivity contribution in [1.29, 1.82) is 0 Å². The summed E-state index contributed by atoms with van der Waals surface area (Å²) in [5.74, 6) is 0.244. The lowest BCUT2D eigenvalue weighted by Gasteiger charge is -2.12. The summed E-state index contributed by atoms with van der Waals surface area (Å²) in [5.41, 5.74) is 1.72. The molecule has 1 amide bonds. The Hall–Kier alpha value is -1.75. The molecule has 154 valence electrons. The number of amides is 1. The van der Waals surface area contributed by atoms with Crippen LogP contribution in [0.1, 0.15) is 23.2 Å². The Balaban J connectivity index is 0.00000392. The molecule has 1 aromatic carbocycles. The van der Waals surface area contributed by atoms with E-state index in [1.54, 1.807) is 23.5 Å². The normalized spacial score (nSPS) is 10.9. The third-order valence-corrected chi connectivity index (χ3v) is 4.46. The quantitative estimate of drug-likeness (QED) is 0.206. The number of nitrogens with zero attached hydrogens (tertiary/aromatic N) is 2. The molecular formula is C19H27FIN5OS. The second-order valence-electron chi connectivity index (χ2n) is 5.95. The van der Waals surface area contributed by atoms with E-state index >= 15 is 0 Å². The molecule has 0 atom stereocenters. The van der Waals surface area contributed by atoms with Gasteiger partial charge in [-0.15, -0.1) is 35.3 Å². The summed E-state index contributed by atoms with van der Waals surface area (Å²) in [5, 5.41) is 12.3. The van der Waals surface area contributed by atoms with E-state index in [1.807, 2.05) is 13.8 Å². The van der Waals surface area contributed by atoms with Crippen LogP contribution < -0.4 is 16.0 Å². The number of benzene rings is 1. The Morgan fingerprint density at radius 2 is 2.04 bits per heavy atom. The number of aliphatic imine (C=N–C) groups is 1. The second kappa shape index (κ2) is 13.4. The van der Waals surface area contributed by atoms with Crippen molar-refractivity contribution in [3.8, 4) is 0 Å². The van der Waals surface area contributed by atoms with Crippen molar-refractivity contribution < 1.29 is 9.18 Å². The fourth-order valence-electron chi connectivity index (χ4n) is 2.42. The van der Waals surface area contributed by atoms with Gasteiger partial charge >= 0.3 is 0 Å². The fourth-order valence-corrected chi connectivity index (χ4v) is 3.07. The van der Waals surface area contributed by atoms with Crippen molar-refractivity contribution in [2.24, 2.45) is 4.99 Å². The molecule has 0 aliphatic carbocycles. The Kier molecular flexibility index (Phi) is 11.7. The van der Waals surface area contributed by atoms with Gasteiger partial charge in [0.15, 0.2) is 5.96 Å². The van der Waals surface area contributed by atoms with Crippen LogP contribution in [0.25, 0.3) is 0 Å². The van der Waals surface area contributed by atoms with Gasteiger partial charge in [-0.1, -0.05) is 12.1 Å². The number of halogens is 2. The van der Waals surface area contributed by atoms with E-state index < -0.39 is 0 Å². The molecule has 2 aromatic rings. The Bertz CT molecular complexity index is 768. The highest BCUT2D eigenvalue weighted by atomic mass is 127. The lowest BCUT2D eigenvalue weighted by atomic mass is 10.1. The number of aryl methyl sites for hydroxylation is 1. The highest BCUT2D eigenvalue weighted by Crippen LogP contribution is 2.08. The zero-order valence-electron chi connectivity index (χ0n) is 16.1. The SMILES string of the molecule is CCNC(=NCCc1csc(C)n1)NCCNC(=O)Cc1cccc(F)c1.I. The number of rotatable bonds is 9. The number of guanidine groups is 1. The molecule has 0 radical (unpaired) electrons. The van der Waals surface area contributed by atoms with E-state index in [4.69, 9.17) is 0 Å². The summed E-state index contributed by atoms with van der Waals surface area (Å²) in [6.45, 7) is 6.41. The lowest BCUT2D eigenvalue weighted by Crippen LogP contribution is -2.41. The predicted octanol–water partition coefficient (Wildman–Crippen LogP) is 2.67. The van der Waals surface area contributed by atoms with E-state index in [-0.39, 0.29) is 42.1 Å². The van der Waals surface area contributed by atoms with Gasteiger partial charge in [0, 0.05) is 38.0 Å². The van der Waals surface area contributed by atoms with Crippen LogP contribution in [0.4, 0.5) is 4.39 Å². The minimum absolute atomic E-state index is 0. The Labute approximate surface area is 186 Å². The third kappa shape index (κ3) is 9.45. The lowest BCUT2D eigenvalue weighted by molar-refractivity contribution is -0.120. The molecular weight excluding hydrogens is 492 g/mol. The fraction of sp³-hybridized carbons (Fsp3) is 0.421. The van der Waals surface area contributed by atoms with Crippen LogP contribution in [-0.2, 0) is 17.6 Å². The summed E-state index contributed by atoms with van der Waals surface area (Å²) >= 11 is 1.64. The summed E-state index contributed by atoms with van der Waals surface area (Å²) in [7, 11) is 0. The molecule has 0 unspecified atom stereocenters. The third-order valence-electron chi connectivity index (χ3n) is 3.64. The molecule has 0 aliphatic heterocycles. The van der Waals surface area contributed by atoms with Crippen LogP contribution in [0.5, 0.6) is 0 Å². The maximum Gasteiger partial charge on any atom is 0.224 e. The topological polar surface area (TPSA) is 78.4 Å². The van der Waals surface area contributed by atoms with Crippen molar-refractivity contribution in [2.75, 3.05) is 26.2 Å². The minimum atomic E-state index is -0.332. The van der Waals surface area contributed by atoms with E-state index in [2.05, 4.69) is 31.3 Å². The predicted molar refractivity (Wildman–Crippen MR) is 123 cm³/mol. The highest BCUT2D eigenvalue weighted by molar-refractivity contribution is 14.0. The smallest absolute Gasteiger partial charge is 0.224 e. The van der Waals surface area contributed by atoms with Gasteiger partial charge < -0.3 is 16.0 Å². The van der Waals surface area contributed by atoms with Crippen LogP contribution in [0.15, 0.2) is 34.6 Å². The average Bonchev–Trinajstić information content (AvgIpc) is 3.04. The van der Waals surface area contributed by atoms with Gasteiger partial charge in [-0.3, -0.25) is 9.79 Å². The highest BCUT2D eigenvalue weighted by Gasteiger charge is 2.04. The molecule has 0 aliphatic rings. The zero-order valence-corrected chi connectivity index (χ0v) is 19.3. The van der Waals surface area contributed by atoms with Gasteiger partial charge in [0.25, 0.3) is 0 Å². The van der Waals surface area contributed by atoms with Gasteiger partial charge in [-0.05, 0) is 31.5 Å². The molecule has 1 aromatic heterocycles. The summed E-state index contributed by atoms with van der Waals surface area (Å²) < 4.78 is 13.1. The number of nitrogens with one attached hydrogen (secondary N) is 3. The van der Waals surface area contributed by atoms with Crippen molar-refractivity contribution >= 4 is 47.2 Å². The number of hydrogen-bond donors (Lipinski definition) is 3. The van der Waals surface area contributed by atoms with Crippen LogP contribution in [-0.4, -0.2) is 43.0 Å². The van der Waals surface area contributed by atoms with Gasteiger partial charge in [0.1, 0.15) is 5.82 Å². The van der Waals surface area contributed by atoms with Gasteiger partial charge in [0.2, 0.25) is 5.91 Å². The first kappa shape index (κ1) is 24.3. The molecule has 6 nitrogen and oxygen atoms in total. The molecule has 9 heteroatoms. The molecule has 0 fully saturated rings. The van der Waals surface area contributed by atoms with Crippen LogP contribution >= 0.6 is 35.3 Å². The van der Waals surface area contributed by atoms with Crippen molar-refractivity contribution in [3.63, 3.8) is 0 Å². The van der Waals surface area contributed by atoms with Crippen molar-refractivity contribution in [1.82, 2.24) is 20.9 Å². The van der Waals surface area contributed by atoms with E-state index in [0.717, 1.165) is 23.7 Å². The number of hydrogen-bond acceptors (Lipinski definition) is 4. The van der Waals surface area contributed by atoms with Gasteiger partial charge in [0.05, 0.1) is 17.1 Å². The summed E-state index contributed by atoms with van der Waals surface area (Å²) in [6.07, 6.45) is 0.963. The van der Waals surface area contributed by atoms with Gasteiger partial charge in [-0.25, -0.2) is 9.37 Å².